The first-order valence-electron chi connectivity index (χ1n) is 5.28. The average Bonchev–Trinajstić information content (AvgIpc) is 2.32. The Balaban J connectivity index is 2.24. The van der Waals surface area contributed by atoms with Crippen LogP contribution in [0.5, 0.6) is 0 Å². The minimum Gasteiger partial charge on any atom is -0.321 e. The number of hydrogen-bond donors (Lipinski definition) is 2. The van der Waals surface area contributed by atoms with Crippen molar-refractivity contribution in [3.05, 3.63) is 52.8 Å². The van der Waals surface area contributed by atoms with E-state index in [2.05, 4.69) is 22.9 Å². The Bertz CT molecular complexity index is 601. The van der Waals surface area contributed by atoms with Crippen LogP contribution in [0.15, 0.2) is 41.6 Å². The lowest BCUT2D eigenvalue weighted by Gasteiger charge is -2.07. The van der Waals surface area contributed by atoms with E-state index < -0.39 is 0 Å². The fourth-order valence-electron chi connectivity index (χ4n) is 1.51. The number of carbonyl (C=O) groups excluding carboxylic acids is 1. The van der Waals surface area contributed by atoms with E-state index in [0.717, 1.165) is 5.56 Å². The van der Waals surface area contributed by atoms with Gasteiger partial charge in [-0.15, -0.1) is 12.6 Å². The van der Waals surface area contributed by atoms with Crippen LogP contribution in [0.3, 0.4) is 0 Å². The number of rotatable bonds is 2. The summed E-state index contributed by atoms with van der Waals surface area (Å²) in [6.07, 6.45) is 3.31. The van der Waals surface area contributed by atoms with E-state index in [4.69, 9.17) is 11.6 Å². The number of nitrogens with one attached hydrogen (secondary N) is 1. The summed E-state index contributed by atoms with van der Waals surface area (Å²) in [6.45, 7) is 1.91. The smallest absolute Gasteiger partial charge is 0.257 e. The van der Waals surface area contributed by atoms with Crippen molar-refractivity contribution in [2.24, 2.45) is 0 Å². The first-order valence-corrected chi connectivity index (χ1v) is 6.10. The molecule has 0 bridgehead atoms. The number of halogens is 1. The third kappa shape index (κ3) is 3.03. The van der Waals surface area contributed by atoms with E-state index in [1.807, 2.05) is 13.0 Å². The van der Waals surface area contributed by atoms with Gasteiger partial charge in [-0.2, -0.15) is 0 Å². The number of aromatic nitrogens is 1. The summed E-state index contributed by atoms with van der Waals surface area (Å²) in [5, 5.41) is 3.14. The van der Waals surface area contributed by atoms with Crippen molar-refractivity contribution >= 4 is 35.8 Å². The Hall–Kier alpha value is -1.52. The molecule has 1 N–H and O–H groups in total. The molecular weight excluding hydrogens is 268 g/mol. The molecule has 1 amide bonds. The van der Waals surface area contributed by atoms with Gasteiger partial charge in [0.05, 0.1) is 22.5 Å². The lowest BCUT2D eigenvalue weighted by atomic mass is 10.2. The standard InChI is InChI=1S/C13H11ClN2OS/c1-8-4-9(7-15-6-8)16-13(17)11-5-10(18)2-3-12(11)14/h2-7,18H,1H3,(H,16,17). The van der Waals surface area contributed by atoms with Gasteiger partial charge >= 0.3 is 0 Å². The molecule has 0 saturated carbocycles. The Kier molecular flexibility index (Phi) is 3.89. The minimum atomic E-state index is -0.275. The molecule has 0 aliphatic carbocycles. The zero-order valence-electron chi connectivity index (χ0n) is 9.64. The van der Waals surface area contributed by atoms with Gasteiger partial charge in [0.1, 0.15) is 0 Å². The number of anilines is 1. The van der Waals surface area contributed by atoms with Gasteiger partial charge in [-0.05, 0) is 36.8 Å². The fraction of sp³-hybridized carbons (Fsp3) is 0.0769. The predicted octanol–water partition coefficient (Wildman–Crippen LogP) is 3.58. The summed E-state index contributed by atoms with van der Waals surface area (Å²) in [5.74, 6) is -0.275. The highest BCUT2D eigenvalue weighted by Gasteiger charge is 2.11. The van der Waals surface area contributed by atoms with Crippen LogP contribution in [0.4, 0.5) is 5.69 Å². The molecule has 0 fully saturated rings. The van der Waals surface area contributed by atoms with Crippen LogP contribution < -0.4 is 5.32 Å². The number of benzene rings is 1. The monoisotopic (exact) mass is 278 g/mol. The summed E-state index contributed by atoms with van der Waals surface area (Å²) in [7, 11) is 0. The van der Waals surface area contributed by atoms with Crippen LogP contribution in [-0.2, 0) is 0 Å². The molecule has 1 aromatic heterocycles. The Labute approximate surface area is 116 Å². The normalized spacial score (nSPS) is 10.2. The van der Waals surface area contributed by atoms with Gasteiger partial charge in [0.15, 0.2) is 0 Å². The van der Waals surface area contributed by atoms with Crippen molar-refractivity contribution in [3.63, 3.8) is 0 Å². The van der Waals surface area contributed by atoms with Gasteiger partial charge in [-0.3, -0.25) is 9.78 Å². The van der Waals surface area contributed by atoms with E-state index in [-0.39, 0.29) is 5.91 Å². The maximum atomic E-state index is 12.0. The van der Waals surface area contributed by atoms with Crippen molar-refractivity contribution in [1.82, 2.24) is 4.98 Å². The molecule has 5 heteroatoms. The fourth-order valence-corrected chi connectivity index (χ4v) is 1.92. The van der Waals surface area contributed by atoms with Crippen LogP contribution in [-0.4, -0.2) is 10.9 Å². The van der Waals surface area contributed by atoms with E-state index in [1.54, 1.807) is 30.6 Å². The van der Waals surface area contributed by atoms with Crippen LogP contribution >= 0.6 is 24.2 Å². The molecular formula is C13H11ClN2OS. The van der Waals surface area contributed by atoms with Crippen molar-refractivity contribution < 1.29 is 4.79 Å². The third-order valence-electron chi connectivity index (χ3n) is 2.33. The Morgan fingerprint density at radius 1 is 1.33 bits per heavy atom. The highest BCUT2D eigenvalue weighted by molar-refractivity contribution is 7.80. The molecule has 0 radical (unpaired) electrons. The van der Waals surface area contributed by atoms with Crippen LogP contribution in [0.2, 0.25) is 5.02 Å². The molecule has 2 aromatic rings. The molecule has 92 valence electrons. The quantitative estimate of drug-likeness (QED) is 0.825. The SMILES string of the molecule is Cc1cncc(NC(=O)c2cc(S)ccc2Cl)c1. The van der Waals surface area contributed by atoms with Gasteiger partial charge in [0.25, 0.3) is 5.91 Å². The minimum absolute atomic E-state index is 0.275. The topological polar surface area (TPSA) is 42.0 Å². The Morgan fingerprint density at radius 2 is 2.11 bits per heavy atom. The summed E-state index contributed by atoms with van der Waals surface area (Å²) >= 11 is 10.2. The first kappa shape index (κ1) is 12.9. The highest BCUT2D eigenvalue weighted by Crippen LogP contribution is 2.21. The lowest BCUT2D eigenvalue weighted by Crippen LogP contribution is -2.12. The zero-order valence-corrected chi connectivity index (χ0v) is 11.3. The second kappa shape index (κ2) is 5.42. The lowest BCUT2D eigenvalue weighted by molar-refractivity contribution is 0.102. The maximum Gasteiger partial charge on any atom is 0.257 e. The summed E-state index contributed by atoms with van der Waals surface area (Å²) in [6, 6.07) is 6.84. The highest BCUT2D eigenvalue weighted by atomic mass is 35.5. The molecule has 0 aliphatic heterocycles. The van der Waals surface area contributed by atoms with Crippen LogP contribution in [0.1, 0.15) is 15.9 Å². The van der Waals surface area contributed by atoms with Crippen molar-refractivity contribution in [1.29, 1.82) is 0 Å². The number of aryl methyl sites for hydroxylation is 1. The third-order valence-corrected chi connectivity index (χ3v) is 2.94. The summed E-state index contributed by atoms with van der Waals surface area (Å²) in [4.78, 5) is 16.7. The predicted molar refractivity (Wildman–Crippen MR) is 75.6 cm³/mol. The molecule has 1 aromatic carbocycles. The number of amides is 1. The largest absolute Gasteiger partial charge is 0.321 e. The van der Waals surface area contributed by atoms with Crippen LogP contribution in [0, 0.1) is 6.92 Å². The molecule has 0 spiro atoms. The van der Waals surface area contributed by atoms with Gasteiger partial charge in [0.2, 0.25) is 0 Å². The van der Waals surface area contributed by atoms with E-state index in [9.17, 15) is 4.79 Å². The van der Waals surface area contributed by atoms with Crippen molar-refractivity contribution in [2.45, 2.75) is 11.8 Å². The Morgan fingerprint density at radius 3 is 2.83 bits per heavy atom. The van der Waals surface area contributed by atoms with Crippen molar-refractivity contribution in [2.75, 3.05) is 5.32 Å². The average molecular weight is 279 g/mol. The van der Waals surface area contributed by atoms with Crippen LogP contribution in [0.25, 0.3) is 0 Å². The van der Waals surface area contributed by atoms with E-state index in [0.29, 0.717) is 21.2 Å². The number of hydrogen-bond acceptors (Lipinski definition) is 3. The summed E-state index contributed by atoms with van der Waals surface area (Å²) < 4.78 is 0. The summed E-state index contributed by atoms with van der Waals surface area (Å²) in [5.41, 5.74) is 2.01. The number of thiol groups is 1. The number of pyridine rings is 1. The van der Waals surface area contributed by atoms with Gasteiger partial charge in [-0.25, -0.2) is 0 Å². The second-order valence-corrected chi connectivity index (χ2v) is 4.79. The molecule has 0 aliphatic rings. The molecule has 0 unspecified atom stereocenters. The van der Waals surface area contributed by atoms with Gasteiger partial charge < -0.3 is 5.32 Å². The zero-order chi connectivity index (χ0) is 13.1. The second-order valence-electron chi connectivity index (χ2n) is 3.87. The maximum absolute atomic E-state index is 12.0. The van der Waals surface area contributed by atoms with Gasteiger partial charge in [0, 0.05) is 11.1 Å². The van der Waals surface area contributed by atoms with E-state index >= 15 is 0 Å². The number of nitrogens with zero attached hydrogens (tertiary/aromatic N) is 1. The molecule has 0 saturated heterocycles. The van der Waals surface area contributed by atoms with Gasteiger partial charge in [-0.1, -0.05) is 11.6 Å². The molecule has 0 atom stereocenters. The molecule has 18 heavy (non-hydrogen) atoms. The first-order chi connectivity index (χ1) is 8.56. The number of carbonyl (C=O) groups is 1. The molecule has 1 heterocycles. The van der Waals surface area contributed by atoms with E-state index in [1.165, 1.54) is 0 Å². The molecule has 3 nitrogen and oxygen atoms in total. The molecule has 2 rings (SSSR count). The van der Waals surface area contributed by atoms with Crippen molar-refractivity contribution in [3.8, 4) is 0 Å².